The fraction of sp³-hybridized carbons (Fsp3) is 0.353. The summed E-state index contributed by atoms with van der Waals surface area (Å²) in [4.78, 5) is 22.2. The fourth-order valence-corrected chi connectivity index (χ4v) is 2.04. The van der Waals surface area contributed by atoms with E-state index in [-0.39, 0.29) is 24.0 Å². The molecule has 0 aliphatic carbocycles. The Kier molecular flexibility index (Phi) is 5.57. The summed E-state index contributed by atoms with van der Waals surface area (Å²) < 4.78 is 11.0. The summed E-state index contributed by atoms with van der Waals surface area (Å²) in [5.41, 5.74) is 0.565. The highest BCUT2D eigenvalue weighted by atomic mass is 16.6. The van der Waals surface area contributed by atoms with Crippen LogP contribution in [0.5, 0.6) is 5.75 Å². The molecule has 0 radical (unpaired) electrons. The smallest absolute Gasteiger partial charge is 0.287 e. The van der Waals surface area contributed by atoms with E-state index in [1.165, 1.54) is 12.1 Å². The van der Waals surface area contributed by atoms with E-state index in [2.05, 4.69) is 5.32 Å². The number of rotatable bonds is 7. The van der Waals surface area contributed by atoms with Gasteiger partial charge in [-0.25, -0.2) is 0 Å². The van der Waals surface area contributed by atoms with Crippen molar-refractivity contribution in [3.05, 3.63) is 57.5 Å². The molecule has 1 N–H and O–H groups in total. The lowest BCUT2D eigenvalue weighted by atomic mass is 10.2. The van der Waals surface area contributed by atoms with Crippen molar-refractivity contribution in [2.24, 2.45) is 5.92 Å². The van der Waals surface area contributed by atoms with Gasteiger partial charge in [0, 0.05) is 18.2 Å². The van der Waals surface area contributed by atoms with Gasteiger partial charge in [-0.15, -0.1) is 0 Å². The summed E-state index contributed by atoms with van der Waals surface area (Å²) in [6.07, 6.45) is 0. The maximum atomic E-state index is 11.9. The molecule has 0 fully saturated rings. The van der Waals surface area contributed by atoms with Crippen molar-refractivity contribution in [3.63, 3.8) is 0 Å². The van der Waals surface area contributed by atoms with Crippen LogP contribution in [0, 0.1) is 23.0 Å². The number of furan rings is 1. The monoisotopic (exact) mass is 332 g/mol. The number of nitro benzene ring substituents is 1. The second-order valence-electron chi connectivity index (χ2n) is 5.86. The molecule has 7 nitrogen and oxygen atoms in total. The van der Waals surface area contributed by atoms with Crippen LogP contribution in [0.4, 0.5) is 5.69 Å². The largest absolute Gasteiger partial charge is 0.486 e. The van der Waals surface area contributed by atoms with Crippen molar-refractivity contribution < 1.29 is 18.9 Å². The number of carbonyl (C=O) groups excluding carboxylic acids is 1. The quantitative estimate of drug-likeness (QED) is 0.619. The summed E-state index contributed by atoms with van der Waals surface area (Å²) in [7, 11) is 0. The summed E-state index contributed by atoms with van der Waals surface area (Å²) in [6.45, 7) is 6.37. The molecule has 0 atom stereocenters. The highest BCUT2D eigenvalue weighted by molar-refractivity contribution is 5.91. The SMILES string of the molecule is Cc1cc(OCc2ccc(C(=O)NCC(C)C)o2)ccc1[N+](=O)[O-]. The van der Waals surface area contributed by atoms with E-state index in [0.29, 0.717) is 29.5 Å². The Morgan fingerprint density at radius 1 is 1.33 bits per heavy atom. The molecule has 1 amide bonds. The number of benzene rings is 1. The lowest BCUT2D eigenvalue weighted by molar-refractivity contribution is -0.385. The Hall–Kier alpha value is -2.83. The molecule has 0 saturated heterocycles. The summed E-state index contributed by atoms with van der Waals surface area (Å²) in [5, 5.41) is 13.6. The lowest BCUT2D eigenvalue weighted by Crippen LogP contribution is -2.26. The zero-order valence-electron chi connectivity index (χ0n) is 13.9. The van der Waals surface area contributed by atoms with Gasteiger partial charge in [0.1, 0.15) is 18.1 Å². The summed E-state index contributed by atoms with van der Waals surface area (Å²) in [6, 6.07) is 7.79. The third kappa shape index (κ3) is 4.58. The molecule has 128 valence electrons. The van der Waals surface area contributed by atoms with Gasteiger partial charge < -0.3 is 14.5 Å². The number of carbonyl (C=O) groups is 1. The molecule has 24 heavy (non-hydrogen) atoms. The van der Waals surface area contributed by atoms with Gasteiger partial charge in [-0.3, -0.25) is 14.9 Å². The van der Waals surface area contributed by atoms with Gasteiger partial charge in [0.15, 0.2) is 5.76 Å². The van der Waals surface area contributed by atoms with Crippen LogP contribution in [0.25, 0.3) is 0 Å². The number of nitrogens with one attached hydrogen (secondary N) is 1. The van der Waals surface area contributed by atoms with Crippen LogP contribution in [-0.2, 0) is 6.61 Å². The van der Waals surface area contributed by atoms with Gasteiger partial charge in [0.2, 0.25) is 0 Å². The van der Waals surface area contributed by atoms with Crippen LogP contribution < -0.4 is 10.1 Å². The molecule has 0 aliphatic heterocycles. The third-order valence-electron chi connectivity index (χ3n) is 3.30. The first-order chi connectivity index (χ1) is 11.4. The van der Waals surface area contributed by atoms with Crippen LogP contribution in [0.15, 0.2) is 34.7 Å². The van der Waals surface area contributed by atoms with Gasteiger partial charge in [0.05, 0.1) is 4.92 Å². The van der Waals surface area contributed by atoms with Gasteiger partial charge >= 0.3 is 0 Å². The average molecular weight is 332 g/mol. The first-order valence-electron chi connectivity index (χ1n) is 7.61. The summed E-state index contributed by atoms with van der Waals surface area (Å²) >= 11 is 0. The summed E-state index contributed by atoms with van der Waals surface area (Å²) in [5.74, 6) is 1.33. The maximum Gasteiger partial charge on any atom is 0.287 e. The van der Waals surface area contributed by atoms with Crippen molar-refractivity contribution in [3.8, 4) is 5.75 Å². The van der Waals surface area contributed by atoms with E-state index in [0.717, 1.165) is 0 Å². The van der Waals surface area contributed by atoms with Crippen LogP contribution in [0.3, 0.4) is 0 Å². The molecule has 0 saturated carbocycles. The maximum absolute atomic E-state index is 11.9. The van der Waals surface area contributed by atoms with Crippen LogP contribution >= 0.6 is 0 Å². The number of nitrogens with zero attached hydrogens (tertiary/aromatic N) is 1. The van der Waals surface area contributed by atoms with E-state index in [9.17, 15) is 14.9 Å². The first-order valence-corrected chi connectivity index (χ1v) is 7.61. The van der Waals surface area contributed by atoms with Crippen LogP contribution in [-0.4, -0.2) is 17.4 Å². The van der Waals surface area contributed by atoms with Crippen molar-refractivity contribution in [2.75, 3.05) is 6.54 Å². The number of amides is 1. The second-order valence-corrected chi connectivity index (χ2v) is 5.86. The minimum atomic E-state index is -0.437. The highest BCUT2D eigenvalue weighted by Gasteiger charge is 2.13. The number of hydrogen-bond donors (Lipinski definition) is 1. The Balaban J connectivity index is 1.94. The molecule has 2 rings (SSSR count). The van der Waals surface area contributed by atoms with E-state index < -0.39 is 4.92 Å². The second kappa shape index (κ2) is 7.63. The van der Waals surface area contributed by atoms with Gasteiger partial charge in [-0.05, 0) is 37.1 Å². The molecular formula is C17H20N2O5. The molecule has 0 spiro atoms. The lowest BCUT2D eigenvalue weighted by Gasteiger charge is -2.06. The highest BCUT2D eigenvalue weighted by Crippen LogP contribution is 2.23. The van der Waals surface area contributed by atoms with E-state index in [1.807, 2.05) is 13.8 Å². The minimum Gasteiger partial charge on any atom is -0.486 e. The average Bonchev–Trinajstić information content (AvgIpc) is 2.99. The standard InChI is InChI=1S/C17H20N2O5/c1-11(2)9-18-17(20)16-7-5-14(24-16)10-23-13-4-6-15(19(21)22)12(3)8-13/h4-8,11H,9-10H2,1-3H3,(H,18,20). The zero-order chi connectivity index (χ0) is 17.7. The van der Waals surface area contributed by atoms with E-state index in [1.54, 1.807) is 25.1 Å². The number of nitro groups is 1. The fourth-order valence-electron chi connectivity index (χ4n) is 2.04. The van der Waals surface area contributed by atoms with Crippen molar-refractivity contribution in [1.82, 2.24) is 5.32 Å². The van der Waals surface area contributed by atoms with E-state index in [4.69, 9.17) is 9.15 Å². The van der Waals surface area contributed by atoms with Crippen molar-refractivity contribution >= 4 is 11.6 Å². The van der Waals surface area contributed by atoms with Gasteiger partial charge in [-0.1, -0.05) is 13.8 Å². The Labute approximate surface area is 139 Å². The number of ether oxygens (including phenoxy) is 1. The van der Waals surface area contributed by atoms with Crippen LogP contribution in [0.1, 0.15) is 35.7 Å². The topological polar surface area (TPSA) is 94.6 Å². The normalized spacial score (nSPS) is 10.7. The predicted octanol–water partition coefficient (Wildman–Crippen LogP) is 3.46. The Morgan fingerprint density at radius 2 is 2.08 bits per heavy atom. The minimum absolute atomic E-state index is 0.0458. The molecule has 1 aromatic heterocycles. The molecule has 1 heterocycles. The van der Waals surface area contributed by atoms with E-state index >= 15 is 0 Å². The zero-order valence-corrected chi connectivity index (χ0v) is 13.9. The van der Waals surface area contributed by atoms with Gasteiger partial charge in [0.25, 0.3) is 11.6 Å². The number of aryl methyl sites for hydroxylation is 1. The number of hydrogen-bond acceptors (Lipinski definition) is 5. The molecule has 1 aromatic carbocycles. The molecule has 0 bridgehead atoms. The van der Waals surface area contributed by atoms with Crippen molar-refractivity contribution in [1.29, 1.82) is 0 Å². The van der Waals surface area contributed by atoms with Crippen LogP contribution in [0.2, 0.25) is 0 Å². The third-order valence-corrected chi connectivity index (χ3v) is 3.30. The Morgan fingerprint density at radius 3 is 2.71 bits per heavy atom. The molecule has 0 unspecified atom stereocenters. The first kappa shape index (κ1) is 17.5. The predicted molar refractivity (Wildman–Crippen MR) is 88.0 cm³/mol. The Bertz CT molecular complexity index is 736. The molecule has 0 aliphatic rings. The molecule has 7 heteroatoms. The molecular weight excluding hydrogens is 312 g/mol. The van der Waals surface area contributed by atoms with Crippen molar-refractivity contribution in [2.45, 2.75) is 27.4 Å². The molecule has 2 aromatic rings. The van der Waals surface area contributed by atoms with Gasteiger partial charge in [-0.2, -0.15) is 0 Å².